The lowest BCUT2D eigenvalue weighted by molar-refractivity contribution is 0.0929. The van der Waals surface area contributed by atoms with Gasteiger partial charge in [-0.1, -0.05) is 6.08 Å². The molecule has 0 unspecified atom stereocenters. The molecule has 1 aromatic heterocycles. The minimum atomic E-state index is -0.453. The minimum Gasteiger partial charge on any atom is -0.508 e. The van der Waals surface area contributed by atoms with Crippen molar-refractivity contribution in [2.75, 3.05) is 6.61 Å². The molecule has 6 nitrogen and oxygen atoms in total. The second kappa shape index (κ2) is 8.23. The summed E-state index contributed by atoms with van der Waals surface area (Å²) in [6.45, 7) is 6.13. The third-order valence-electron chi connectivity index (χ3n) is 3.87. The Labute approximate surface area is 156 Å². The van der Waals surface area contributed by atoms with Crippen molar-refractivity contribution in [1.29, 1.82) is 0 Å². The molecule has 1 heterocycles. The molecule has 138 valence electrons. The van der Waals surface area contributed by atoms with Crippen LogP contribution in [0.5, 0.6) is 11.5 Å². The van der Waals surface area contributed by atoms with E-state index >= 15 is 0 Å². The molecule has 0 bridgehead atoms. The molecule has 0 aliphatic carbocycles. The lowest BCUT2D eigenvalue weighted by Crippen LogP contribution is -2.16. The molecule has 0 spiro atoms. The van der Waals surface area contributed by atoms with Gasteiger partial charge in [0.15, 0.2) is 5.76 Å². The number of carbonyl (C=O) groups is 1. The Morgan fingerprint density at radius 3 is 2.93 bits per heavy atom. The highest BCUT2D eigenvalue weighted by Gasteiger charge is 2.12. The highest BCUT2D eigenvalue weighted by atomic mass is 16.5. The summed E-state index contributed by atoms with van der Waals surface area (Å²) in [5.74, 6) is 0.627. The van der Waals surface area contributed by atoms with Gasteiger partial charge in [-0.15, -0.1) is 6.58 Å². The van der Waals surface area contributed by atoms with Crippen LogP contribution in [0, 0.1) is 0 Å². The van der Waals surface area contributed by atoms with Crippen LogP contribution in [0.25, 0.3) is 11.0 Å². The first kappa shape index (κ1) is 18.3. The number of furan rings is 1. The number of phenolic OH excluding ortho intramolecular Hbond substituents is 1. The fourth-order valence-electron chi connectivity index (χ4n) is 2.62. The number of carbonyl (C=O) groups excluding carboxylic acids is 1. The summed E-state index contributed by atoms with van der Waals surface area (Å²) in [5, 5.41) is 14.5. The second-order valence-electron chi connectivity index (χ2n) is 5.82. The van der Waals surface area contributed by atoms with Crippen molar-refractivity contribution in [3.8, 4) is 11.5 Å². The van der Waals surface area contributed by atoms with Crippen molar-refractivity contribution in [3.63, 3.8) is 0 Å². The largest absolute Gasteiger partial charge is 0.508 e. The first-order chi connectivity index (χ1) is 13.1. The Bertz CT molecular complexity index is 1000. The Hall–Kier alpha value is -3.54. The first-order valence-corrected chi connectivity index (χ1v) is 8.53. The summed E-state index contributed by atoms with van der Waals surface area (Å²) in [6, 6.07) is 12.1. The number of phenols is 1. The van der Waals surface area contributed by atoms with Gasteiger partial charge in [0.2, 0.25) is 0 Å². The molecule has 0 radical (unpaired) electrons. The molecule has 1 amide bonds. The van der Waals surface area contributed by atoms with Gasteiger partial charge in [0.25, 0.3) is 0 Å². The zero-order chi connectivity index (χ0) is 19.2. The molecule has 0 atom stereocenters. The number of nitrogens with one attached hydrogen (secondary N) is 1. The topological polar surface area (TPSA) is 84.1 Å². The summed E-state index contributed by atoms with van der Waals surface area (Å²) in [4.78, 5) is 12.2. The predicted molar refractivity (Wildman–Crippen MR) is 104 cm³/mol. The smallest absolute Gasteiger partial charge is 0.307 e. The van der Waals surface area contributed by atoms with Gasteiger partial charge < -0.3 is 14.3 Å². The van der Waals surface area contributed by atoms with E-state index in [1.165, 1.54) is 6.21 Å². The number of fused-ring (bicyclic) bond motifs is 1. The van der Waals surface area contributed by atoms with Crippen LogP contribution in [0.2, 0.25) is 0 Å². The number of ether oxygens (including phenoxy) is 1. The Morgan fingerprint density at radius 2 is 2.15 bits per heavy atom. The number of hydrogen-bond donors (Lipinski definition) is 2. The second-order valence-corrected chi connectivity index (χ2v) is 5.82. The molecule has 3 rings (SSSR count). The number of rotatable bonds is 7. The van der Waals surface area contributed by atoms with Crippen LogP contribution in [0.3, 0.4) is 0 Å². The van der Waals surface area contributed by atoms with Crippen LogP contribution >= 0.6 is 0 Å². The number of amides is 1. The molecule has 2 N–H and O–H groups in total. The third-order valence-corrected chi connectivity index (χ3v) is 3.87. The fraction of sp³-hybridized carbons (Fsp3) is 0.143. The van der Waals surface area contributed by atoms with Gasteiger partial charge in [-0.05, 0) is 66.9 Å². The number of allylic oxidation sites excluding steroid dienone is 1. The predicted octanol–water partition coefficient (Wildman–Crippen LogP) is 4.03. The van der Waals surface area contributed by atoms with E-state index in [-0.39, 0.29) is 11.5 Å². The Balaban J connectivity index is 1.70. The molecule has 27 heavy (non-hydrogen) atoms. The van der Waals surface area contributed by atoms with Crippen LogP contribution in [0.1, 0.15) is 28.6 Å². The quantitative estimate of drug-likeness (QED) is 0.377. The minimum absolute atomic E-state index is 0.161. The number of benzene rings is 2. The van der Waals surface area contributed by atoms with Crippen molar-refractivity contribution in [3.05, 3.63) is 72.0 Å². The molecule has 6 heteroatoms. The van der Waals surface area contributed by atoms with Gasteiger partial charge in [-0.2, -0.15) is 5.10 Å². The third kappa shape index (κ3) is 4.36. The Morgan fingerprint density at radius 1 is 1.30 bits per heavy atom. The van der Waals surface area contributed by atoms with Gasteiger partial charge >= 0.3 is 5.91 Å². The molecule has 0 aliphatic heterocycles. The zero-order valence-corrected chi connectivity index (χ0v) is 14.9. The summed E-state index contributed by atoms with van der Waals surface area (Å²) < 4.78 is 11.0. The average Bonchev–Trinajstić information content (AvgIpc) is 3.08. The first-order valence-electron chi connectivity index (χ1n) is 8.53. The molecule has 0 aliphatic rings. The van der Waals surface area contributed by atoms with E-state index < -0.39 is 5.91 Å². The van der Waals surface area contributed by atoms with Gasteiger partial charge in [-0.3, -0.25) is 4.79 Å². The monoisotopic (exact) mass is 364 g/mol. The standard InChI is InChI=1S/C21H20N2O4/c1-3-5-15-10-14(6-8-18(15)24)13-22-23-21(25)20-12-16-11-17(26-4-2)7-9-19(16)27-20/h3,6-13,24H,1,4-5H2,2H3,(H,23,25)/b22-13+. The molecular weight excluding hydrogens is 344 g/mol. The lowest BCUT2D eigenvalue weighted by atomic mass is 10.1. The van der Waals surface area contributed by atoms with E-state index in [4.69, 9.17) is 9.15 Å². The number of nitrogens with zero attached hydrogens (tertiary/aromatic N) is 1. The molecule has 3 aromatic rings. The lowest BCUT2D eigenvalue weighted by Gasteiger charge is -2.02. The van der Waals surface area contributed by atoms with Crippen molar-refractivity contribution in [2.45, 2.75) is 13.3 Å². The number of aromatic hydroxyl groups is 1. The average molecular weight is 364 g/mol. The number of hydrogen-bond acceptors (Lipinski definition) is 5. The van der Waals surface area contributed by atoms with Crippen molar-refractivity contribution in [1.82, 2.24) is 5.43 Å². The number of hydrazone groups is 1. The van der Waals surface area contributed by atoms with Crippen molar-refractivity contribution >= 4 is 23.1 Å². The molecule has 2 aromatic carbocycles. The van der Waals surface area contributed by atoms with Crippen LogP contribution in [0.4, 0.5) is 0 Å². The van der Waals surface area contributed by atoms with E-state index in [2.05, 4.69) is 17.1 Å². The Kier molecular flexibility index (Phi) is 5.56. The SMILES string of the molecule is C=CCc1cc(/C=N/NC(=O)c2cc3cc(OCC)ccc3o2)ccc1O. The van der Waals surface area contributed by atoms with Crippen LogP contribution in [-0.2, 0) is 6.42 Å². The van der Waals surface area contributed by atoms with Gasteiger partial charge in [0, 0.05) is 5.39 Å². The molecular formula is C21H20N2O4. The maximum atomic E-state index is 12.2. The van der Waals surface area contributed by atoms with Gasteiger partial charge in [0.1, 0.15) is 17.1 Å². The van der Waals surface area contributed by atoms with E-state index in [0.717, 1.165) is 22.3 Å². The van der Waals surface area contributed by atoms with Crippen molar-refractivity contribution < 1.29 is 19.1 Å². The van der Waals surface area contributed by atoms with Crippen molar-refractivity contribution in [2.24, 2.45) is 5.10 Å². The van der Waals surface area contributed by atoms with Gasteiger partial charge in [0.05, 0.1) is 12.8 Å². The maximum absolute atomic E-state index is 12.2. The van der Waals surface area contributed by atoms with Gasteiger partial charge in [-0.25, -0.2) is 5.43 Å². The highest BCUT2D eigenvalue weighted by molar-refractivity contribution is 5.96. The zero-order valence-electron chi connectivity index (χ0n) is 14.9. The van der Waals surface area contributed by atoms with E-state index in [0.29, 0.717) is 18.6 Å². The normalized spacial score (nSPS) is 11.0. The van der Waals surface area contributed by atoms with Crippen LogP contribution in [0.15, 0.2) is 64.6 Å². The molecule has 0 fully saturated rings. The highest BCUT2D eigenvalue weighted by Crippen LogP contribution is 2.24. The van der Waals surface area contributed by atoms with E-state index in [9.17, 15) is 9.90 Å². The molecule has 0 saturated carbocycles. The molecule has 0 saturated heterocycles. The van der Waals surface area contributed by atoms with Crippen LogP contribution in [-0.4, -0.2) is 23.8 Å². The van der Waals surface area contributed by atoms with E-state index in [1.807, 2.05) is 13.0 Å². The van der Waals surface area contributed by atoms with Crippen LogP contribution < -0.4 is 10.2 Å². The summed E-state index contributed by atoms with van der Waals surface area (Å²) in [5.41, 5.74) is 4.52. The summed E-state index contributed by atoms with van der Waals surface area (Å²) in [6.07, 6.45) is 3.75. The maximum Gasteiger partial charge on any atom is 0.307 e. The summed E-state index contributed by atoms with van der Waals surface area (Å²) >= 11 is 0. The van der Waals surface area contributed by atoms with E-state index in [1.54, 1.807) is 42.5 Å². The fourth-order valence-corrected chi connectivity index (χ4v) is 2.62. The summed E-state index contributed by atoms with van der Waals surface area (Å²) in [7, 11) is 0.